The van der Waals surface area contributed by atoms with Crippen molar-refractivity contribution in [1.82, 2.24) is 0 Å². The molecule has 2 aromatic carbocycles. The van der Waals surface area contributed by atoms with Crippen LogP contribution in [-0.2, 0) is 21.6 Å². The molecule has 0 fully saturated rings. The van der Waals surface area contributed by atoms with Crippen molar-refractivity contribution in [3.8, 4) is 0 Å². The smallest absolute Gasteiger partial charge is 0.171 e. The van der Waals surface area contributed by atoms with Gasteiger partial charge in [-0.1, -0.05) is 52.4 Å². The van der Waals surface area contributed by atoms with E-state index >= 15 is 0 Å². The summed E-state index contributed by atoms with van der Waals surface area (Å²) in [7, 11) is 0. The maximum atomic E-state index is 3.16. The third kappa shape index (κ3) is 20.8. The minimum atomic E-state index is 0. The Morgan fingerprint density at radius 3 is 0.971 bits per heavy atom. The van der Waals surface area contributed by atoms with Gasteiger partial charge in [-0.3, -0.25) is 12.2 Å². The second-order valence-electron chi connectivity index (χ2n) is 9.08. The van der Waals surface area contributed by atoms with Gasteiger partial charge in [0, 0.05) is 0 Å². The average Bonchev–Trinajstić information content (AvgIpc) is 3.53. The van der Waals surface area contributed by atoms with E-state index in [1.807, 2.05) is 60.7 Å². The van der Waals surface area contributed by atoms with Gasteiger partial charge in [-0.2, -0.15) is 96.1 Å². The van der Waals surface area contributed by atoms with E-state index in [0.717, 1.165) is 12.8 Å². The summed E-state index contributed by atoms with van der Waals surface area (Å²) >= 11 is 3.14. The first-order valence-electron chi connectivity index (χ1n) is 10.9. The molecule has 0 bridgehead atoms. The van der Waals surface area contributed by atoms with Gasteiger partial charge in [0.15, 0.2) is 0 Å². The van der Waals surface area contributed by atoms with Crippen LogP contribution in [0.3, 0.4) is 0 Å². The summed E-state index contributed by atoms with van der Waals surface area (Å²) in [5.74, 6) is 0. The predicted octanol–water partition coefficient (Wildman–Crippen LogP) is 8.34. The molecule has 0 saturated heterocycles. The molecular formula is C30H40Cl2GeZr-4. The van der Waals surface area contributed by atoms with Crippen LogP contribution in [0.5, 0.6) is 0 Å². The summed E-state index contributed by atoms with van der Waals surface area (Å²) in [6.45, 7) is 13.3. The summed E-state index contributed by atoms with van der Waals surface area (Å²) in [5, 5.41) is 0. The van der Waals surface area contributed by atoms with Gasteiger partial charge in [0.25, 0.3) is 0 Å². The second kappa shape index (κ2) is 22.8. The van der Waals surface area contributed by atoms with Crippen LogP contribution in [0.15, 0.2) is 96.1 Å². The topological polar surface area (TPSA) is 0 Å². The Kier molecular flexibility index (Phi) is 25.5. The van der Waals surface area contributed by atoms with Gasteiger partial charge in [0.2, 0.25) is 0 Å². The van der Waals surface area contributed by atoms with Crippen LogP contribution in [0.1, 0.15) is 54.4 Å². The maximum absolute atomic E-state index is 3.16. The van der Waals surface area contributed by atoms with Crippen molar-refractivity contribution in [2.45, 2.75) is 54.4 Å². The van der Waals surface area contributed by atoms with Crippen molar-refractivity contribution < 1.29 is 21.6 Å². The van der Waals surface area contributed by atoms with E-state index in [9.17, 15) is 0 Å². The van der Waals surface area contributed by atoms with Crippen molar-refractivity contribution in [2.75, 3.05) is 0 Å². The van der Waals surface area contributed by atoms with Gasteiger partial charge >= 0.3 is 33.7 Å². The molecule has 0 spiro atoms. The van der Waals surface area contributed by atoms with E-state index < -0.39 is 0 Å². The minimum absolute atomic E-state index is 0. The van der Waals surface area contributed by atoms with E-state index in [-0.39, 0.29) is 24.8 Å². The number of hydrogen-bond acceptors (Lipinski definition) is 0. The van der Waals surface area contributed by atoms with Crippen molar-refractivity contribution in [3.05, 3.63) is 120 Å². The zero-order valence-electron chi connectivity index (χ0n) is 21.5. The predicted molar refractivity (Wildman–Crippen MR) is 154 cm³/mol. The molecule has 0 aromatic heterocycles. The van der Waals surface area contributed by atoms with Crippen LogP contribution < -0.4 is 0 Å². The van der Waals surface area contributed by atoms with Gasteiger partial charge in [0.05, 0.1) is 0 Å². The van der Waals surface area contributed by atoms with Crippen LogP contribution in [-0.4, -0.2) is 12.1 Å². The maximum Gasteiger partial charge on any atom is -0.171 e. The van der Waals surface area contributed by atoms with E-state index in [0.29, 0.717) is 10.8 Å². The standard InChI is InChI=1S/2C9H13.2C6H5.2ClH.GeH2.Zr/c2*1-9(2,3)8-6-4-5-7-8;2*1-2-4-6-5-3-1;;;;/h2*6-7H,4H2,1-3H3;2*1-5H;2*1H;1H2;/q4*-1;;;;. The molecular weight excluding hydrogens is 595 g/mol. The number of rotatable bonds is 0. The summed E-state index contributed by atoms with van der Waals surface area (Å²) in [6.07, 6.45) is 17.0. The molecule has 0 saturated carbocycles. The minimum Gasteiger partial charge on any atom is -0.184 e. The fourth-order valence-corrected chi connectivity index (χ4v) is 2.52. The van der Waals surface area contributed by atoms with Crippen LogP contribution in [0, 0.1) is 35.1 Å². The molecule has 0 radical (unpaired) electrons. The molecule has 186 valence electrons. The van der Waals surface area contributed by atoms with Crippen molar-refractivity contribution >= 4 is 37.0 Å². The van der Waals surface area contributed by atoms with Crippen LogP contribution in [0.25, 0.3) is 0 Å². The number of allylic oxidation sites excluding steroid dienone is 8. The third-order valence-corrected chi connectivity index (χ3v) is 4.34. The Hall–Kier alpha value is -0.594. The zero-order valence-corrected chi connectivity index (χ0v) is 28.6. The molecule has 0 amide bonds. The Morgan fingerprint density at radius 2 is 0.882 bits per heavy atom. The van der Waals surface area contributed by atoms with E-state index in [4.69, 9.17) is 0 Å². The molecule has 2 aromatic rings. The SMILES string of the molecule is CC(C)(C)C1=CC[C-]=C1.CC(C)(C)C1=CC[C-]=C1.Cl.Cl.[GeH2]=[Zr].[c-]1ccccc1.[c-]1ccccc1. The molecule has 4 heteroatoms. The summed E-state index contributed by atoms with van der Waals surface area (Å²) in [4.78, 5) is 0. The van der Waals surface area contributed by atoms with Crippen molar-refractivity contribution in [2.24, 2.45) is 10.8 Å². The van der Waals surface area contributed by atoms with E-state index in [1.54, 1.807) is 21.6 Å². The Balaban J connectivity index is -0.000000366. The number of benzene rings is 2. The van der Waals surface area contributed by atoms with Gasteiger partial charge in [-0.25, -0.2) is 12.2 Å². The normalized spacial score (nSPS) is 12.6. The van der Waals surface area contributed by atoms with Crippen molar-refractivity contribution in [1.29, 1.82) is 0 Å². The fourth-order valence-electron chi connectivity index (χ4n) is 2.52. The summed E-state index contributed by atoms with van der Waals surface area (Å²) < 4.78 is 0. The van der Waals surface area contributed by atoms with E-state index in [1.165, 1.54) is 23.3 Å². The second-order valence-corrected chi connectivity index (χ2v) is 9.08. The van der Waals surface area contributed by atoms with Gasteiger partial charge in [0.1, 0.15) is 0 Å². The monoisotopic (exact) mass is 634 g/mol. The Labute approximate surface area is 242 Å². The van der Waals surface area contributed by atoms with Crippen LogP contribution in [0.2, 0.25) is 0 Å². The molecule has 0 atom stereocenters. The molecule has 2 aliphatic carbocycles. The van der Waals surface area contributed by atoms with Gasteiger partial charge in [-0.15, -0.1) is 37.7 Å². The first kappa shape index (κ1) is 37.9. The van der Waals surface area contributed by atoms with E-state index in [2.05, 4.69) is 90.1 Å². The largest absolute Gasteiger partial charge is 0.184 e. The first-order valence-corrected chi connectivity index (χ1v) is 21.4. The molecule has 4 rings (SSSR count). The number of halogens is 2. The zero-order chi connectivity index (χ0) is 24.3. The summed E-state index contributed by atoms with van der Waals surface area (Å²) in [5.41, 5.74) is 3.48. The van der Waals surface area contributed by atoms with Crippen LogP contribution >= 0.6 is 24.8 Å². The molecule has 2 aliphatic rings. The van der Waals surface area contributed by atoms with Gasteiger partial charge < -0.3 is 0 Å². The quantitative estimate of drug-likeness (QED) is 0.202. The molecule has 0 heterocycles. The fraction of sp³-hybridized carbons (Fsp3) is 0.333. The Bertz CT molecular complexity index is 703. The summed E-state index contributed by atoms with van der Waals surface area (Å²) in [6, 6.07) is 25.0. The number of hydrogen-bond donors (Lipinski definition) is 0. The molecule has 0 nitrogen and oxygen atoms in total. The Morgan fingerprint density at radius 1 is 0.588 bits per heavy atom. The molecule has 0 aliphatic heterocycles. The molecule has 0 N–H and O–H groups in total. The first-order chi connectivity index (χ1) is 15.2. The average molecular weight is 635 g/mol. The molecule has 34 heavy (non-hydrogen) atoms. The van der Waals surface area contributed by atoms with Crippen molar-refractivity contribution in [3.63, 3.8) is 0 Å². The molecule has 0 unspecified atom stereocenters. The third-order valence-electron chi connectivity index (χ3n) is 4.34. The van der Waals surface area contributed by atoms with Crippen LogP contribution in [0.4, 0.5) is 0 Å². The van der Waals surface area contributed by atoms with Gasteiger partial charge in [-0.05, 0) is 0 Å².